The number of hydrogen-bond donors (Lipinski definition) is 1. The minimum absolute atomic E-state index is 0.0862. The molecule has 2 saturated carbocycles. The number of fused-ring (bicyclic) bond motifs is 3. The summed E-state index contributed by atoms with van der Waals surface area (Å²) >= 11 is 0. The fourth-order valence-electron chi connectivity index (χ4n) is 6.25. The van der Waals surface area contributed by atoms with Gasteiger partial charge in [0.05, 0.1) is 23.8 Å². The van der Waals surface area contributed by atoms with E-state index in [1.54, 1.807) is 18.2 Å². The Bertz CT molecular complexity index is 933. The predicted octanol–water partition coefficient (Wildman–Crippen LogP) is 3.41. The number of nitrogens with zero attached hydrogens (tertiary/aromatic N) is 1. The van der Waals surface area contributed by atoms with Crippen LogP contribution in [0, 0.1) is 16.7 Å². The van der Waals surface area contributed by atoms with E-state index in [1.807, 2.05) is 0 Å². The fraction of sp³-hybridized carbons (Fsp3) is 0.625. The molecular weight excluding hydrogens is 380 g/mol. The molecule has 30 heavy (non-hydrogen) atoms. The van der Waals surface area contributed by atoms with Crippen molar-refractivity contribution in [1.29, 1.82) is 0 Å². The SMILES string of the molecule is CC1(C)C2CCC1(C)C(NC(=O)c1ccc3c(c1)C(=O)N(CC1CCCO1)C3=O)C2. The number of imide groups is 1. The molecule has 5 rings (SSSR count). The third kappa shape index (κ3) is 2.69. The van der Waals surface area contributed by atoms with E-state index in [-0.39, 0.29) is 47.2 Å². The first-order valence-electron chi connectivity index (χ1n) is 11.1. The van der Waals surface area contributed by atoms with E-state index in [0.717, 1.165) is 25.7 Å². The lowest BCUT2D eigenvalue weighted by Gasteiger charge is -2.39. The molecule has 1 aromatic rings. The molecule has 1 saturated heterocycles. The Morgan fingerprint density at radius 3 is 2.57 bits per heavy atom. The minimum atomic E-state index is -0.326. The van der Waals surface area contributed by atoms with Crippen molar-refractivity contribution >= 4 is 17.7 Å². The summed E-state index contributed by atoms with van der Waals surface area (Å²) in [6.07, 6.45) is 5.09. The van der Waals surface area contributed by atoms with Crippen LogP contribution in [0.3, 0.4) is 0 Å². The largest absolute Gasteiger partial charge is 0.376 e. The summed E-state index contributed by atoms with van der Waals surface area (Å²) in [6, 6.07) is 5.00. The maximum Gasteiger partial charge on any atom is 0.261 e. The van der Waals surface area contributed by atoms with Gasteiger partial charge in [-0.1, -0.05) is 20.8 Å². The van der Waals surface area contributed by atoms with Crippen molar-refractivity contribution in [3.8, 4) is 0 Å². The number of benzene rings is 1. The van der Waals surface area contributed by atoms with E-state index in [1.165, 1.54) is 11.3 Å². The van der Waals surface area contributed by atoms with E-state index < -0.39 is 0 Å². The molecule has 6 heteroatoms. The van der Waals surface area contributed by atoms with Crippen LogP contribution in [-0.2, 0) is 4.74 Å². The van der Waals surface area contributed by atoms with Crippen LogP contribution >= 0.6 is 0 Å². The first-order valence-corrected chi connectivity index (χ1v) is 11.1. The van der Waals surface area contributed by atoms with Crippen LogP contribution in [0.2, 0.25) is 0 Å². The van der Waals surface area contributed by atoms with Gasteiger partial charge >= 0.3 is 0 Å². The number of amides is 3. The van der Waals surface area contributed by atoms with Gasteiger partial charge in [0.2, 0.25) is 0 Å². The van der Waals surface area contributed by atoms with Gasteiger partial charge in [-0.25, -0.2) is 0 Å². The monoisotopic (exact) mass is 410 g/mol. The summed E-state index contributed by atoms with van der Waals surface area (Å²) in [5.41, 5.74) is 1.45. The quantitative estimate of drug-likeness (QED) is 0.772. The maximum atomic E-state index is 13.0. The molecule has 1 aromatic carbocycles. The van der Waals surface area contributed by atoms with Crippen molar-refractivity contribution in [3.63, 3.8) is 0 Å². The van der Waals surface area contributed by atoms with Gasteiger partial charge in [0, 0.05) is 18.2 Å². The predicted molar refractivity (Wildman–Crippen MR) is 111 cm³/mol. The van der Waals surface area contributed by atoms with Crippen molar-refractivity contribution in [3.05, 3.63) is 34.9 Å². The third-order valence-corrected chi connectivity index (χ3v) is 8.74. The van der Waals surface area contributed by atoms with Crippen LogP contribution < -0.4 is 5.32 Å². The summed E-state index contributed by atoms with van der Waals surface area (Å²) in [7, 11) is 0. The lowest BCUT2D eigenvalue weighted by atomic mass is 9.69. The molecule has 2 bridgehead atoms. The van der Waals surface area contributed by atoms with Crippen LogP contribution in [0.5, 0.6) is 0 Å². The Labute approximate surface area is 177 Å². The molecule has 2 aliphatic heterocycles. The molecule has 4 aliphatic rings. The van der Waals surface area contributed by atoms with E-state index in [2.05, 4.69) is 26.1 Å². The summed E-state index contributed by atoms with van der Waals surface area (Å²) < 4.78 is 5.59. The van der Waals surface area contributed by atoms with Crippen LogP contribution in [0.1, 0.15) is 83.9 Å². The fourth-order valence-corrected chi connectivity index (χ4v) is 6.25. The first kappa shape index (κ1) is 19.7. The van der Waals surface area contributed by atoms with Gasteiger partial charge in [-0.2, -0.15) is 0 Å². The molecule has 6 nitrogen and oxygen atoms in total. The van der Waals surface area contributed by atoms with Crippen LogP contribution in [-0.4, -0.2) is 47.9 Å². The smallest absolute Gasteiger partial charge is 0.261 e. The Morgan fingerprint density at radius 1 is 1.17 bits per heavy atom. The molecule has 0 spiro atoms. The average molecular weight is 411 g/mol. The Balaban J connectivity index is 1.33. The second-order valence-corrected chi connectivity index (χ2v) is 10.3. The highest BCUT2D eigenvalue weighted by Gasteiger charge is 2.61. The third-order valence-electron chi connectivity index (χ3n) is 8.74. The number of carbonyl (C=O) groups is 3. The van der Waals surface area contributed by atoms with Gasteiger partial charge in [-0.05, 0) is 67.1 Å². The van der Waals surface area contributed by atoms with Gasteiger partial charge in [-0.15, -0.1) is 0 Å². The lowest BCUT2D eigenvalue weighted by Crippen LogP contribution is -2.46. The Hall–Kier alpha value is -2.21. The van der Waals surface area contributed by atoms with Crippen LogP contribution in [0.4, 0.5) is 0 Å². The summed E-state index contributed by atoms with van der Waals surface area (Å²) in [5.74, 6) is -0.142. The summed E-state index contributed by atoms with van der Waals surface area (Å²) in [6.45, 7) is 7.89. The first-order chi connectivity index (χ1) is 14.2. The van der Waals surface area contributed by atoms with E-state index in [4.69, 9.17) is 4.74 Å². The summed E-state index contributed by atoms with van der Waals surface area (Å²) in [4.78, 5) is 39.9. The topological polar surface area (TPSA) is 75.7 Å². The molecule has 160 valence electrons. The zero-order chi connectivity index (χ0) is 21.3. The van der Waals surface area contributed by atoms with Crippen LogP contribution in [0.15, 0.2) is 18.2 Å². The second kappa shape index (κ2) is 6.64. The van der Waals surface area contributed by atoms with Crippen molar-refractivity contribution in [1.82, 2.24) is 10.2 Å². The second-order valence-electron chi connectivity index (χ2n) is 10.3. The van der Waals surface area contributed by atoms with Crippen molar-refractivity contribution in [2.75, 3.05) is 13.2 Å². The Kier molecular flexibility index (Phi) is 4.37. The van der Waals surface area contributed by atoms with Gasteiger partial charge in [-0.3, -0.25) is 19.3 Å². The van der Waals surface area contributed by atoms with E-state index in [0.29, 0.717) is 29.2 Å². The normalized spacial score (nSPS) is 34.0. The standard InChI is InChI=1S/C24H30N2O4/c1-23(2)15-8-9-24(23,3)19(12-15)25-20(27)14-6-7-17-18(11-14)22(29)26(21(17)28)13-16-5-4-10-30-16/h6-7,11,15-16,19H,4-5,8-10,12-13H2,1-3H3,(H,25,27). The molecular formula is C24H30N2O4. The number of rotatable bonds is 4. The molecule has 3 amide bonds. The molecule has 2 aliphatic carbocycles. The van der Waals surface area contributed by atoms with Gasteiger partial charge in [0.1, 0.15) is 0 Å². The van der Waals surface area contributed by atoms with Gasteiger partial charge in [0.15, 0.2) is 0 Å². The van der Waals surface area contributed by atoms with Gasteiger partial charge < -0.3 is 10.1 Å². The number of carbonyl (C=O) groups excluding carboxylic acids is 3. The molecule has 0 aromatic heterocycles. The minimum Gasteiger partial charge on any atom is -0.376 e. The average Bonchev–Trinajstić information content (AvgIpc) is 3.41. The molecule has 4 atom stereocenters. The molecule has 4 unspecified atom stereocenters. The number of nitrogens with one attached hydrogen (secondary N) is 1. The van der Waals surface area contributed by atoms with Crippen molar-refractivity contribution < 1.29 is 19.1 Å². The van der Waals surface area contributed by atoms with E-state index in [9.17, 15) is 14.4 Å². The highest BCUT2D eigenvalue weighted by atomic mass is 16.5. The highest BCUT2D eigenvalue weighted by molar-refractivity contribution is 6.22. The lowest BCUT2D eigenvalue weighted by molar-refractivity contribution is 0.0475. The molecule has 0 radical (unpaired) electrons. The number of ether oxygens (including phenoxy) is 1. The van der Waals surface area contributed by atoms with Crippen LogP contribution in [0.25, 0.3) is 0 Å². The zero-order valence-corrected chi connectivity index (χ0v) is 18.0. The van der Waals surface area contributed by atoms with Crippen molar-refractivity contribution in [2.24, 2.45) is 16.7 Å². The molecule has 3 fully saturated rings. The van der Waals surface area contributed by atoms with Crippen molar-refractivity contribution in [2.45, 2.75) is 65.0 Å². The zero-order valence-electron chi connectivity index (χ0n) is 18.0. The van der Waals surface area contributed by atoms with Gasteiger partial charge in [0.25, 0.3) is 17.7 Å². The Morgan fingerprint density at radius 2 is 1.93 bits per heavy atom. The maximum absolute atomic E-state index is 13.0. The van der Waals surface area contributed by atoms with E-state index >= 15 is 0 Å². The molecule has 2 heterocycles. The molecule has 1 N–H and O–H groups in total. The summed E-state index contributed by atoms with van der Waals surface area (Å²) in [5, 5.41) is 3.24. The highest BCUT2D eigenvalue weighted by Crippen LogP contribution is 2.65. The number of hydrogen-bond acceptors (Lipinski definition) is 4.